The normalized spacial score (nSPS) is 20.4. The van der Waals surface area contributed by atoms with Gasteiger partial charge in [0.1, 0.15) is 11.3 Å². The Balaban J connectivity index is 1.52. The standard InChI is InChI=1S/C18H26ClN5O2/c1-22(2)13-3-5-23(6-4-13)12-14-11-15-16(26-14)17(21-18(19)20-15)24-7-9-25-10-8-24/h11,13H,3-10,12H2,1-2H3. The lowest BCUT2D eigenvalue weighted by Gasteiger charge is -2.34. The van der Waals surface area contributed by atoms with Crippen LogP contribution in [0.25, 0.3) is 11.1 Å². The van der Waals surface area contributed by atoms with E-state index in [0.717, 1.165) is 55.4 Å². The number of halogens is 1. The SMILES string of the molecule is CN(C)C1CCN(Cc2cc3nc(Cl)nc(N4CCOCC4)c3o2)CC1. The maximum Gasteiger partial charge on any atom is 0.225 e. The van der Waals surface area contributed by atoms with Gasteiger partial charge in [-0.2, -0.15) is 4.98 Å². The number of likely N-dealkylation sites (tertiary alicyclic amines) is 1. The third-order valence-corrected chi connectivity index (χ3v) is 5.52. The van der Waals surface area contributed by atoms with Crippen LogP contribution in [-0.2, 0) is 11.3 Å². The first kappa shape index (κ1) is 18.0. The van der Waals surface area contributed by atoms with E-state index in [2.05, 4.69) is 38.8 Å². The molecular formula is C18H26ClN5O2. The molecule has 8 heteroatoms. The summed E-state index contributed by atoms with van der Waals surface area (Å²) in [5, 5.41) is 0.262. The average Bonchev–Trinajstić information content (AvgIpc) is 3.04. The minimum Gasteiger partial charge on any atom is -0.454 e. The highest BCUT2D eigenvalue weighted by molar-refractivity contribution is 6.28. The lowest BCUT2D eigenvalue weighted by Crippen LogP contribution is -2.41. The van der Waals surface area contributed by atoms with Crippen molar-refractivity contribution in [2.45, 2.75) is 25.4 Å². The molecule has 0 bridgehead atoms. The van der Waals surface area contributed by atoms with Gasteiger partial charge < -0.3 is 19.0 Å². The van der Waals surface area contributed by atoms with Crippen LogP contribution in [0, 0.1) is 0 Å². The molecule has 0 amide bonds. The summed E-state index contributed by atoms with van der Waals surface area (Å²) in [6.45, 7) is 5.93. The van der Waals surface area contributed by atoms with Crippen molar-refractivity contribution in [3.05, 3.63) is 17.1 Å². The number of furan rings is 1. The van der Waals surface area contributed by atoms with Gasteiger partial charge in [0.05, 0.1) is 19.8 Å². The molecule has 4 heterocycles. The number of hydrogen-bond donors (Lipinski definition) is 0. The van der Waals surface area contributed by atoms with Crippen LogP contribution in [0.5, 0.6) is 0 Å². The van der Waals surface area contributed by atoms with Crippen molar-refractivity contribution in [2.75, 3.05) is 58.4 Å². The highest BCUT2D eigenvalue weighted by Crippen LogP contribution is 2.30. The van der Waals surface area contributed by atoms with Crippen LogP contribution in [0.2, 0.25) is 5.28 Å². The number of piperidine rings is 1. The summed E-state index contributed by atoms with van der Waals surface area (Å²) < 4.78 is 11.6. The fraction of sp³-hybridized carbons (Fsp3) is 0.667. The van der Waals surface area contributed by atoms with Crippen molar-refractivity contribution in [1.29, 1.82) is 0 Å². The Morgan fingerprint density at radius 3 is 2.58 bits per heavy atom. The van der Waals surface area contributed by atoms with Gasteiger partial charge in [0, 0.05) is 38.3 Å². The van der Waals surface area contributed by atoms with Gasteiger partial charge in [0.2, 0.25) is 5.28 Å². The van der Waals surface area contributed by atoms with E-state index in [1.807, 2.05) is 6.07 Å². The topological polar surface area (TPSA) is 57.9 Å². The van der Waals surface area contributed by atoms with E-state index in [0.29, 0.717) is 19.3 Å². The average molecular weight is 380 g/mol. The summed E-state index contributed by atoms with van der Waals surface area (Å²) in [7, 11) is 4.32. The van der Waals surface area contributed by atoms with Crippen LogP contribution in [0.3, 0.4) is 0 Å². The maximum absolute atomic E-state index is 6.17. The first-order chi connectivity index (χ1) is 12.6. The molecule has 2 fully saturated rings. The fourth-order valence-electron chi connectivity index (χ4n) is 3.82. The number of ether oxygens (including phenoxy) is 1. The van der Waals surface area contributed by atoms with Gasteiger partial charge in [0.25, 0.3) is 0 Å². The molecule has 0 aliphatic carbocycles. The summed E-state index contributed by atoms with van der Waals surface area (Å²) >= 11 is 6.15. The van der Waals surface area contributed by atoms with Gasteiger partial charge in [-0.1, -0.05) is 0 Å². The van der Waals surface area contributed by atoms with Gasteiger partial charge in [-0.3, -0.25) is 4.90 Å². The molecule has 2 saturated heterocycles. The van der Waals surface area contributed by atoms with Crippen LogP contribution in [-0.4, -0.2) is 79.3 Å². The van der Waals surface area contributed by atoms with Gasteiger partial charge in [-0.15, -0.1) is 0 Å². The summed E-state index contributed by atoms with van der Waals surface area (Å²) in [5.74, 6) is 1.70. The molecule has 0 atom stereocenters. The number of morpholine rings is 1. The smallest absolute Gasteiger partial charge is 0.225 e. The van der Waals surface area contributed by atoms with E-state index in [9.17, 15) is 0 Å². The quantitative estimate of drug-likeness (QED) is 0.755. The number of aromatic nitrogens is 2. The van der Waals surface area contributed by atoms with Gasteiger partial charge in [-0.25, -0.2) is 4.98 Å². The van der Waals surface area contributed by atoms with Gasteiger partial charge in [-0.05, 0) is 38.5 Å². The summed E-state index contributed by atoms with van der Waals surface area (Å²) in [6.07, 6.45) is 2.38. The highest BCUT2D eigenvalue weighted by atomic mass is 35.5. The molecule has 26 heavy (non-hydrogen) atoms. The van der Waals surface area contributed by atoms with Crippen LogP contribution >= 0.6 is 11.6 Å². The molecule has 2 aliphatic rings. The molecule has 0 unspecified atom stereocenters. The van der Waals surface area contributed by atoms with Crippen molar-refractivity contribution in [1.82, 2.24) is 19.8 Å². The number of hydrogen-bond acceptors (Lipinski definition) is 7. The Morgan fingerprint density at radius 2 is 1.88 bits per heavy atom. The summed E-state index contributed by atoms with van der Waals surface area (Å²) in [6, 6.07) is 2.68. The molecule has 2 aromatic rings. The summed E-state index contributed by atoms with van der Waals surface area (Å²) in [4.78, 5) is 15.7. The van der Waals surface area contributed by atoms with Crippen molar-refractivity contribution >= 4 is 28.5 Å². The van der Waals surface area contributed by atoms with E-state index < -0.39 is 0 Å². The maximum atomic E-state index is 6.17. The molecule has 0 spiro atoms. The number of anilines is 1. The largest absolute Gasteiger partial charge is 0.454 e. The number of nitrogens with zero attached hydrogens (tertiary/aromatic N) is 5. The first-order valence-electron chi connectivity index (χ1n) is 9.27. The van der Waals surface area contributed by atoms with Crippen molar-refractivity contribution in [2.24, 2.45) is 0 Å². The molecule has 2 aromatic heterocycles. The van der Waals surface area contributed by atoms with Crippen molar-refractivity contribution < 1.29 is 9.15 Å². The fourth-order valence-corrected chi connectivity index (χ4v) is 3.99. The molecular weight excluding hydrogens is 354 g/mol. The van der Waals surface area contributed by atoms with E-state index in [1.165, 1.54) is 12.8 Å². The van der Waals surface area contributed by atoms with E-state index in [1.54, 1.807) is 0 Å². The lowest BCUT2D eigenvalue weighted by atomic mass is 10.0. The lowest BCUT2D eigenvalue weighted by molar-refractivity contribution is 0.122. The first-order valence-corrected chi connectivity index (χ1v) is 9.65. The minimum absolute atomic E-state index is 0.262. The van der Waals surface area contributed by atoms with E-state index >= 15 is 0 Å². The second kappa shape index (κ2) is 7.68. The second-order valence-electron chi connectivity index (χ2n) is 7.31. The van der Waals surface area contributed by atoms with Crippen molar-refractivity contribution in [3.8, 4) is 0 Å². The molecule has 142 valence electrons. The predicted octanol–water partition coefficient (Wildman–Crippen LogP) is 2.24. The Morgan fingerprint density at radius 1 is 1.15 bits per heavy atom. The third kappa shape index (κ3) is 3.81. The molecule has 2 aliphatic heterocycles. The number of fused-ring (bicyclic) bond motifs is 1. The van der Waals surface area contributed by atoms with Gasteiger partial charge in [0.15, 0.2) is 11.4 Å². The van der Waals surface area contributed by atoms with Gasteiger partial charge >= 0.3 is 0 Å². The number of rotatable bonds is 4. The Bertz CT molecular complexity index is 751. The Hall–Kier alpha value is -1.41. The predicted molar refractivity (Wildman–Crippen MR) is 102 cm³/mol. The zero-order chi connectivity index (χ0) is 18.1. The molecule has 0 N–H and O–H groups in total. The van der Waals surface area contributed by atoms with E-state index in [-0.39, 0.29) is 5.28 Å². The minimum atomic E-state index is 0.262. The van der Waals surface area contributed by atoms with Crippen LogP contribution in [0.1, 0.15) is 18.6 Å². The molecule has 0 radical (unpaired) electrons. The van der Waals surface area contributed by atoms with Crippen LogP contribution in [0.4, 0.5) is 5.82 Å². The van der Waals surface area contributed by atoms with Crippen LogP contribution < -0.4 is 4.90 Å². The third-order valence-electron chi connectivity index (χ3n) is 5.35. The molecule has 7 nitrogen and oxygen atoms in total. The molecule has 0 saturated carbocycles. The van der Waals surface area contributed by atoms with Crippen LogP contribution in [0.15, 0.2) is 10.5 Å². The Labute approximate surface area is 158 Å². The second-order valence-corrected chi connectivity index (χ2v) is 7.65. The molecule has 4 rings (SSSR count). The van der Waals surface area contributed by atoms with E-state index in [4.69, 9.17) is 20.8 Å². The monoisotopic (exact) mass is 379 g/mol. The Kier molecular flexibility index (Phi) is 5.31. The zero-order valence-corrected chi connectivity index (χ0v) is 16.2. The molecule has 0 aromatic carbocycles. The van der Waals surface area contributed by atoms with Crippen molar-refractivity contribution in [3.63, 3.8) is 0 Å². The summed E-state index contributed by atoms with van der Waals surface area (Å²) in [5.41, 5.74) is 1.51. The zero-order valence-electron chi connectivity index (χ0n) is 15.4. The highest BCUT2D eigenvalue weighted by Gasteiger charge is 2.23.